The molecule has 0 unspecified atom stereocenters. The molecule has 0 saturated heterocycles. The lowest BCUT2D eigenvalue weighted by atomic mass is 10.2. The second-order valence-corrected chi connectivity index (χ2v) is 6.80. The van der Waals surface area contributed by atoms with Crippen LogP contribution >= 0.6 is 11.8 Å². The largest absolute Gasteiger partial charge is 0.497 e. The Bertz CT molecular complexity index is 969. The molecule has 0 spiro atoms. The highest BCUT2D eigenvalue weighted by Crippen LogP contribution is 2.27. The van der Waals surface area contributed by atoms with E-state index in [2.05, 4.69) is 27.1 Å². The molecule has 0 atom stereocenters. The van der Waals surface area contributed by atoms with Crippen molar-refractivity contribution in [3.8, 4) is 23.0 Å². The minimum Gasteiger partial charge on any atom is -0.497 e. The molecule has 0 aliphatic rings. The van der Waals surface area contributed by atoms with Gasteiger partial charge in [-0.25, -0.2) is 0 Å². The van der Waals surface area contributed by atoms with Gasteiger partial charge in [0.05, 0.1) is 20.0 Å². The maximum absolute atomic E-state index is 12.4. The maximum atomic E-state index is 12.4. The van der Waals surface area contributed by atoms with E-state index >= 15 is 0 Å². The van der Waals surface area contributed by atoms with E-state index in [4.69, 9.17) is 9.47 Å². The van der Waals surface area contributed by atoms with Crippen molar-refractivity contribution >= 4 is 23.4 Å². The van der Waals surface area contributed by atoms with Crippen LogP contribution in [0.15, 0.2) is 60.4 Å². The molecule has 29 heavy (non-hydrogen) atoms. The third kappa shape index (κ3) is 5.14. The minimum absolute atomic E-state index is 0.164. The SMILES string of the molecule is C=CCn1c(SCC(=O)Nc2cc(OC)cc(OC)c2)nnc1-c1ccccn1. The predicted molar refractivity (Wildman–Crippen MR) is 112 cm³/mol. The minimum atomic E-state index is -0.183. The number of aromatic nitrogens is 4. The molecule has 3 rings (SSSR count). The van der Waals surface area contributed by atoms with Crippen LogP contribution in [0.25, 0.3) is 11.5 Å². The molecule has 1 aromatic carbocycles. The summed E-state index contributed by atoms with van der Waals surface area (Å²) in [6.07, 6.45) is 3.45. The van der Waals surface area contributed by atoms with Crippen molar-refractivity contribution in [2.45, 2.75) is 11.7 Å². The summed E-state index contributed by atoms with van der Waals surface area (Å²) in [6.45, 7) is 4.30. The highest BCUT2D eigenvalue weighted by molar-refractivity contribution is 7.99. The Hall–Kier alpha value is -3.33. The fourth-order valence-electron chi connectivity index (χ4n) is 2.58. The van der Waals surface area contributed by atoms with Gasteiger partial charge in [0.2, 0.25) is 5.91 Å². The molecule has 2 aromatic heterocycles. The number of amides is 1. The summed E-state index contributed by atoms with van der Waals surface area (Å²) in [5.74, 6) is 1.80. The Morgan fingerprint density at radius 2 is 1.97 bits per heavy atom. The highest BCUT2D eigenvalue weighted by Gasteiger charge is 2.16. The molecule has 2 heterocycles. The van der Waals surface area contributed by atoms with Crippen LogP contribution in [0.5, 0.6) is 11.5 Å². The molecular formula is C20H21N5O3S. The van der Waals surface area contributed by atoms with E-state index < -0.39 is 0 Å². The monoisotopic (exact) mass is 411 g/mol. The van der Waals surface area contributed by atoms with Gasteiger partial charge in [-0.1, -0.05) is 23.9 Å². The van der Waals surface area contributed by atoms with Gasteiger partial charge in [-0.15, -0.1) is 16.8 Å². The Morgan fingerprint density at radius 3 is 2.59 bits per heavy atom. The van der Waals surface area contributed by atoms with E-state index in [9.17, 15) is 4.79 Å². The van der Waals surface area contributed by atoms with Gasteiger partial charge in [0, 0.05) is 36.6 Å². The summed E-state index contributed by atoms with van der Waals surface area (Å²) in [5.41, 5.74) is 1.30. The number of nitrogens with zero attached hydrogens (tertiary/aromatic N) is 4. The van der Waals surface area contributed by atoms with Crippen LogP contribution in [0.3, 0.4) is 0 Å². The summed E-state index contributed by atoms with van der Waals surface area (Å²) in [5, 5.41) is 11.9. The predicted octanol–water partition coefficient (Wildman–Crippen LogP) is 3.27. The number of ether oxygens (including phenoxy) is 2. The molecule has 0 bridgehead atoms. The van der Waals surface area contributed by atoms with Crippen molar-refractivity contribution in [1.29, 1.82) is 0 Å². The van der Waals surface area contributed by atoms with Crippen molar-refractivity contribution < 1.29 is 14.3 Å². The van der Waals surface area contributed by atoms with Crippen LogP contribution in [-0.2, 0) is 11.3 Å². The molecular weight excluding hydrogens is 390 g/mol. The first-order chi connectivity index (χ1) is 14.1. The van der Waals surface area contributed by atoms with Gasteiger partial charge in [0.1, 0.15) is 17.2 Å². The molecule has 0 fully saturated rings. The molecule has 0 aliphatic carbocycles. The molecule has 8 nitrogen and oxygen atoms in total. The van der Waals surface area contributed by atoms with Crippen LogP contribution in [0.4, 0.5) is 5.69 Å². The number of nitrogens with one attached hydrogen (secondary N) is 1. The number of hydrogen-bond acceptors (Lipinski definition) is 7. The topological polar surface area (TPSA) is 91.2 Å². The normalized spacial score (nSPS) is 10.4. The summed E-state index contributed by atoms with van der Waals surface area (Å²) in [7, 11) is 3.11. The molecule has 1 amide bonds. The quantitative estimate of drug-likeness (QED) is 0.427. The van der Waals surface area contributed by atoms with Crippen LogP contribution in [0.2, 0.25) is 0 Å². The Morgan fingerprint density at radius 1 is 1.21 bits per heavy atom. The van der Waals surface area contributed by atoms with Crippen molar-refractivity contribution in [2.75, 3.05) is 25.3 Å². The number of thioether (sulfide) groups is 1. The van der Waals surface area contributed by atoms with Gasteiger partial charge in [-0.2, -0.15) is 0 Å². The number of anilines is 1. The van der Waals surface area contributed by atoms with Crippen LogP contribution in [-0.4, -0.2) is 45.6 Å². The second-order valence-electron chi connectivity index (χ2n) is 5.86. The van der Waals surface area contributed by atoms with Crippen molar-refractivity contribution in [3.63, 3.8) is 0 Å². The number of hydrogen-bond donors (Lipinski definition) is 1. The Kier molecular flexibility index (Phi) is 6.85. The third-order valence-electron chi connectivity index (χ3n) is 3.89. The van der Waals surface area contributed by atoms with Gasteiger partial charge >= 0.3 is 0 Å². The van der Waals surface area contributed by atoms with Crippen LogP contribution < -0.4 is 14.8 Å². The lowest BCUT2D eigenvalue weighted by molar-refractivity contribution is -0.113. The fourth-order valence-corrected chi connectivity index (χ4v) is 3.33. The first-order valence-corrected chi connectivity index (χ1v) is 9.74. The smallest absolute Gasteiger partial charge is 0.234 e. The number of benzene rings is 1. The summed E-state index contributed by atoms with van der Waals surface area (Å²) in [6, 6.07) is 10.8. The average molecular weight is 411 g/mol. The average Bonchev–Trinajstić information content (AvgIpc) is 3.15. The van der Waals surface area contributed by atoms with E-state index in [0.717, 1.165) is 0 Å². The molecule has 0 aliphatic heterocycles. The van der Waals surface area contributed by atoms with E-state index in [1.807, 2.05) is 22.8 Å². The number of rotatable bonds is 9. The highest BCUT2D eigenvalue weighted by atomic mass is 32.2. The van der Waals surface area contributed by atoms with E-state index in [1.54, 1.807) is 44.7 Å². The molecule has 1 N–H and O–H groups in total. The Balaban J connectivity index is 1.70. The third-order valence-corrected chi connectivity index (χ3v) is 4.86. The lowest BCUT2D eigenvalue weighted by Gasteiger charge is -2.10. The number of pyridine rings is 1. The lowest BCUT2D eigenvalue weighted by Crippen LogP contribution is -2.15. The first kappa shape index (κ1) is 20.4. The number of carbonyl (C=O) groups excluding carboxylic acids is 1. The van der Waals surface area contributed by atoms with Crippen molar-refractivity contribution in [2.24, 2.45) is 0 Å². The first-order valence-electron chi connectivity index (χ1n) is 8.75. The van der Waals surface area contributed by atoms with Crippen molar-refractivity contribution in [3.05, 3.63) is 55.3 Å². The van der Waals surface area contributed by atoms with Crippen LogP contribution in [0, 0.1) is 0 Å². The molecule has 3 aromatic rings. The van der Waals surface area contributed by atoms with E-state index in [0.29, 0.717) is 40.4 Å². The summed E-state index contributed by atoms with van der Waals surface area (Å²) < 4.78 is 12.3. The number of carbonyl (C=O) groups is 1. The molecule has 150 valence electrons. The van der Waals surface area contributed by atoms with Gasteiger partial charge in [0.25, 0.3) is 0 Å². The summed E-state index contributed by atoms with van der Waals surface area (Å²) in [4.78, 5) is 16.7. The zero-order valence-electron chi connectivity index (χ0n) is 16.2. The Labute approximate surface area is 173 Å². The second kappa shape index (κ2) is 9.74. The van der Waals surface area contributed by atoms with Crippen molar-refractivity contribution in [1.82, 2.24) is 19.7 Å². The van der Waals surface area contributed by atoms with Crippen LogP contribution in [0.1, 0.15) is 0 Å². The summed E-state index contributed by atoms with van der Waals surface area (Å²) >= 11 is 1.29. The van der Waals surface area contributed by atoms with Gasteiger partial charge in [0.15, 0.2) is 11.0 Å². The van der Waals surface area contributed by atoms with Gasteiger partial charge in [-0.05, 0) is 12.1 Å². The number of methoxy groups -OCH3 is 2. The fraction of sp³-hybridized carbons (Fsp3) is 0.200. The molecule has 0 radical (unpaired) electrons. The maximum Gasteiger partial charge on any atom is 0.234 e. The molecule has 0 saturated carbocycles. The zero-order valence-corrected chi connectivity index (χ0v) is 17.0. The standard InChI is InChI=1S/C20H21N5O3S/c1-4-9-25-19(17-7-5-6-8-21-17)23-24-20(25)29-13-18(26)22-14-10-15(27-2)12-16(11-14)28-3/h4-8,10-12H,1,9,13H2,2-3H3,(H,22,26). The zero-order chi connectivity index (χ0) is 20.6. The van der Waals surface area contributed by atoms with Gasteiger partial charge < -0.3 is 14.8 Å². The van der Waals surface area contributed by atoms with Gasteiger partial charge in [-0.3, -0.25) is 14.3 Å². The molecule has 9 heteroatoms. The number of allylic oxidation sites excluding steroid dienone is 1. The van der Waals surface area contributed by atoms with E-state index in [1.165, 1.54) is 11.8 Å². The van der Waals surface area contributed by atoms with E-state index in [-0.39, 0.29) is 11.7 Å².